The van der Waals surface area contributed by atoms with Gasteiger partial charge >= 0.3 is 0 Å². The summed E-state index contributed by atoms with van der Waals surface area (Å²) in [7, 11) is -3.72. The summed E-state index contributed by atoms with van der Waals surface area (Å²) in [6, 6.07) is 10.3. The van der Waals surface area contributed by atoms with E-state index in [1.54, 1.807) is 30.6 Å². The second kappa shape index (κ2) is 6.23. The molecule has 2 aromatic carbocycles. The van der Waals surface area contributed by atoms with Gasteiger partial charge in [0.2, 0.25) is 10.0 Å². The quantitative estimate of drug-likeness (QED) is 0.787. The summed E-state index contributed by atoms with van der Waals surface area (Å²) in [5.74, 6) is 0. The minimum atomic E-state index is -3.72. The smallest absolute Gasteiger partial charge is 0.241 e. The number of halogens is 1. The molecule has 7 heteroatoms. The molecule has 0 atom stereocenters. The normalized spacial score (nSPS) is 11.7. The highest BCUT2D eigenvalue weighted by molar-refractivity contribution is 7.89. The van der Waals surface area contributed by atoms with Gasteiger partial charge in [0.1, 0.15) is 0 Å². The first-order valence-corrected chi connectivity index (χ1v) is 8.78. The number of sulfonamides is 1. The van der Waals surface area contributed by atoms with Gasteiger partial charge in [0.25, 0.3) is 0 Å². The molecular weight excluding hydrogens is 334 g/mol. The number of hydrogen-bond donors (Lipinski definition) is 1. The Bertz CT molecular complexity index is 951. The molecule has 3 aromatic rings. The predicted octanol–water partition coefficient (Wildman–Crippen LogP) is 3.07. The van der Waals surface area contributed by atoms with Crippen LogP contribution in [0, 0.1) is 6.92 Å². The van der Waals surface area contributed by atoms with Gasteiger partial charge in [0, 0.05) is 16.6 Å². The van der Waals surface area contributed by atoms with Crippen molar-refractivity contribution in [2.45, 2.75) is 18.4 Å². The maximum Gasteiger partial charge on any atom is 0.241 e. The van der Waals surface area contributed by atoms with Crippen molar-refractivity contribution in [1.82, 2.24) is 14.7 Å². The van der Waals surface area contributed by atoms with E-state index in [9.17, 15) is 8.42 Å². The molecule has 0 bridgehead atoms. The van der Waals surface area contributed by atoms with Gasteiger partial charge in [-0.2, -0.15) is 0 Å². The fourth-order valence-corrected chi connectivity index (χ4v) is 3.83. The van der Waals surface area contributed by atoms with Crippen molar-refractivity contribution < 1.29 is 8.42 Å². The molecule has 0 aliphatic rings. The number of aromatic nitrogens is 2. The van der Waals surface area contributed by atoms with Gasteiger partial charge < -0.3 is 0 Å². The lowest BCUT2D eigenvalue weighted by Gasteiger charge is -2.10. The Morgan fingerprint density at radius 3 is 2.52 bits per heavy atom. The molecule has 0 aliphatic heterocycles. The number of hydrogen-bond acceptors (Lipinski definition) is 4. The van der Waals surface area contributed by atoms with E-state index >= 15 is 0 Å². The van der Waals surface area contributed by atoms with Gasteiger partial charge in [-0.15, -0.1) is 0 Å². The number of aryl methyl sites for hydroxylation is 1. The Morgan fingerprint density at radius 1 is 1.09 bits per heavy atom. The Morgan fingerprint density at radius 2 is 1.83 bits per heavy atom. The molecule has 0 radical (unpaired) electrons. The Kier molecular flexibility index (Phi) is 4.30. The van der Waals surface area contributed by atoms with Crippen LogP contribution in [0.3, 0.4) is 0 Å². The van der Waals surface area contributed by atoms with Crippen molar-refractivity contribution in [3.8, 4) is 0 Å². The number of rotatable bonds is 4. The lowest BCUT2D eigenvalue weighted by atomic mass is 10.1. The molecule has 0 amide bonds. The first-order chi connectivity index (χ1) is 11.0. The molecule has 0 unspecified atom stereocenters. The van der Waals surface area contributed by atoms with E-state index < -0.39 is 10.0 Å². The van der Waals surface area contributed by atoms with Gasteiger partial charge in [-0.3, -0.25) is 9.97 Å². The molecule has 5 nitrogen and oxygen atoms in total. The summed E-state index contributed by atoms with van der Waals surface area (Å²) in [5, 5.41) is 1.69. The van der Waals surface area contributed by atoms with Crippen molar-refractivity contribution >= 4 is 32.4 Å². The summed E-state index contributed by atoms with van der Waals surface area (Å²) >= 11 is 6.19. The zero-order chi connectivity index (χ0) is 16.4. The highest BCUT2D eigenvalue weighted by Gasteiger charge is 2.18. The molecular formula is C16H14ClN3O2S. The van der Waals surface area contributed by atoms with E-state index in [-0.39, 0.29) is 11.4 Å². The van der Waals surface area contributed by atoms with Crippen molar-refractivity contribution in [2.24, 2.45) is 0 Å². The Balaban J connectivity index is 1.95. The predicted molar refractivity (Wildman–Crippen MR) is 89.8 cm³/mol. The molecule has 23 heavy (non-hydrogen) atoms. The molecule has 0 saturated carbocycles. The topological polar surface area (TPSA) is 72.0 Å². The largest absolute Gasteiger partial charge is 0.258 e. The third-order valence-corrected chi connectivity index (χ3v) is 5.14. The number of nitrogens with one attached hydrogen (secondary N) is 1. The van der Waals surface area contributed by atoms with E-state index in [1.165, 1.54) is 6.07 Å². The summed E-state index contributed by atoms with van der Waals surface area (Å²) in [5.41, 5.74) is 1.32. The Hall–Kier alpha value is -2.02. The summed E-state index contributed by atoms with van der Waals surface area (Å²) < 4.78 is 27.8. The van der Waals surface area contributed by atoms with Gasteiger partial charge in [-0.25, -0.2) is 13.1 Å². The van der Waals surface area contributed by atoms with Gasteiger partial charge in [-0.05, 0) is 24.4 Å². The maximum atomic E-state index is 12.6. The van der Waals surface area contributed by atoms with Crippen molar-refractivity contribution in [1.29, 1.82) is 0 Å². The van der Waals surface area contributed by atoms with Crippen LogP contribution in [0.5, 0.6) is 0 Å². The number of fused-ring (bicyclic) bond motifs is 1. The molecule has 0 spiro atoms. The van der Waals surface area contributed by atoms with Crippen LogP contribution in [0.25, 0.3) is 10.8 Å². The lowest BCUT2D eigenvalue weighted by molar-refractivity contribution is 0.581. The van der Waals surface area contributed by atoms with Gasteiger partial charge in [0.05, 0.1) is 29.0 Å². The first-order valence-electron chi connectivity index (χ1n) is 6.92. The lowest BCUT2D eigenvalue weighted by Crippen LogP contribution is -2.24. The van der Waals surface area contributed by atoms with Crippen molar-refractivity contribution in [3.63, 3.8) is 0 Å². The highest BCUT2D eigenvalue weighted by Crippen LogP contribution is 2.29. The first kappa shape index (κ1) is 15.9. The van der Waals surface area contributed by atoms with E-state index in [4.69, 9.17) is 11.6 Å². The van der Waals surface area contributed by atoms with Crippen molar-refractivity contribution in [2.75, 3.05) is 0 Å². The van der Waals surface area contributed by atoms with E-state index in [2.05, 4.69) is 14.7 Å². The molecule has 0 aliphatic carbocycles. The SMILES string of the molecule is Cc1cnc(CNS(=O)(=O)c2cccc3cccc(Cl)c23)cn1. The fraction of sp³-hybridized carbons (Fsp3) is 0.125. The number of benzene rings is 2. The summed E-state index contributed by atoms with van der Waals surface area (Å²) in [4.78, 5) is 8.39. The monoisotopic (exact) mass is 347 g/mol. The molecule has 118 valence electrons. The summed E-state index contributed by atoms with van der Waals surface area (Å²) in [6.45, 7) is 1.88. The maximum absolute atomic E-state index is 12.6. The standard InChI is InChI=1S/C16H14ClN3O2S/c1-11-8-19-13(9-18-11)10-20-23(21,22)15-7-3-5-12-4-2-6-14(17)16(12)15/h2-9,20H,10H2,1H3. The molecule has 3 rings (SSSR count). The van der Waals surface area contributed by atoms with Crippen LogP contribution < -0.4 is 4.72 Å². The minimum absolute atomic E-state index is 0.0659. The average Bonchev–Trinajstić information content (AvgIpc) is 2.54. The molecule has 0 fully saturated rings. The fourth-order valence-electron chi connectivity index (χ4n) is 2.24. The molecule has 1 heterocycles. The Labute approximate surface area is 139 Å². The molecule has 0 saturated heterocycles. The van der Waals surface area contributed by atoms with Crippen LogP contribution >= 0.6 is 11.6 Å². The third kappa shape index (κ3) is 3.34. The highest BCUT2D eigenvalue weighted by atomic mass is 35.5. The van der Waals surface area contributed by atoms with Crippen LogP contribution in [0.15, 0.2) is 53.7 Å². The third-order valence-electron chi connectivity index (χ3n) is 3.38. The van der Waals surface area contributed by atoms with E-state index in [0.717, 1.165) is 11.1 Å². The van der Waals surface area contributed by atoms with Crippen molar-refractivity contribution in [3.05, 3.63) is 65.2 Å². The summed E-state index contributed by atoms with van der Waals surface area (Å²) in [6.07, 6.45) is 3.15. The van der Waals surface area contributed by atoms with Gasteiger partial charge in [-0.1, -0.05) is 35.9 Å². The second-order valence-corrected chi connectivity index (χ2v) is 7.21. The second-order valence-electron chi connectivity index (χ2n) is 5.07. The molecule has 1 N–H and O–H groups in total. The van der Waals surface area contributed by atoms with E-state index in [0.29, 0.717) is 16.1 Å². The molecule has 1 aromatic heterocycles. The minimum Gasteiger partial charge on any atom is -0.258 e. The average molecular weight is 348 g/mol. The number of nitrogens with zero attached hydrogens (tertiary/aromatic N) is 2. The zero-order valence-corrected chi connectivity index (χ0v) is 13.9. The van der Waals surface area contributed by atoms with Crippen LogP contribution in [-0.4, -0.2) is 18.4 Å². The van der Waals surface area contributed by atoms with Crippen LogP contribution in [0.4, 0.5) is 0 Å². The van der Waals surface area contributed by atoms with E-state index in [1.807, 2.05) is 19.1 Å². The van der Waals surface area contributed by atoms with Crippen LogP contribution in [0.2, 0.25) is 5.02 Å². The van der Waals surface area contributed by atoms with Crippen LogP contribution in [-0.2, 0) is 16.6 Å². The van der Waals surface area contributed by atoms with Gasteiger partial charge in [0.15, 0.2) is 0 Å². The van der Waals surface area contributed by atoms with Crippen LogP contribution in [0.1, 0.15) is 11.4 Å². The zero-order valence-electron chi connectivity index (χ0n) is 12.3.